The van der Waals surface area contributed by atoms with Crippen LogP contribution < -0.4 is 0 Å². The highest BCUT2D eigenvalue weighted by atomic mass is 16.8. The molecule has 2 N–H and O–H groups in total. The molecule has 6 nitrogen and oxygen atoms in total. The highest BCUT2D eigenvalue weighted by molar-refractivity contribution is 5.89. The molecule has 0 unspecified atom stereocenters. The molecule has 2 heterocycles. The number of aliphatic hydroxyl groups is 2. The maximum Gasteiger partial charge on any atom is 0.377 e. The number of esters is 1. The van der Waals surface area contributed by atoms with Gasteiger partial charge in [0.25, 0.3) is 0 Å². The smallest absolute Gasteiger partial charge is 0.377 e. The van der Waals surface area contributed by atoms with Gasteiger partial charge in [-0.3, -0.25) is 0 Å². The van der Waals surface area contributed by atoms with E-state index >= 15 is 0 Å². The van der Waals surface area contributed by atoms with Crippen LogP contribution in [-0.2, 0) is 19.0 Å². The first kappa shape index (κ1) is 10.3. The Morgan fingerprint density at radius 2 is 2.07 bits per heavy atom. The first-order valence-corrected chi connectivity index (χ1v) is 4.55. The highest BCUT2D eigenvalue weighted by Gasteiger charge is 2.46. The van der Waals surface area contributed by atoms with Gasteiger partial charge in [0.1, 0.15) is 6.10 Å². The van der Waals surface area contributed by atoms with E-state index in [0.29, 0.717) is 0 Å². The molecule has 15 heavy (non-hydrogen) atoms. The minimum absolute atomic E-state index is 0.197. The standard InChI is InChI=1S/C9H12O6/c1-9(2)13-3-4(15-9)7-5(10)6(11)8(12)14-7/h4,7,10-11H,3H2,1-2H3/t4-,7-/m1/s1. The molecule has 1 saturated heterocycles. The Hall–Kier alpha value is -1.27. The van der Waals surface area contributed by atoms with E-state index in [2.05, 4.69) is 0 Å². The van der Waals surface area contributed by atoms with Crippen molar-refractivity contribution in [1.82, 2.24) is 0 Å². The van der Waals surface area contributed by atoms with Crippen LogP contribution in [0.3, 0.4) is 0 Å². The van der Waals surface area contributed by atoms with E-state index in [1.807, 2.05) is 0 Å². The van der Waals surface area contributed by atoms with Crippen molar-refractivity contribution in [1.29, 1.82) is 0 Å². The van der Waals surface area contributed by atoms with Gasteiger partial charge in [-0.1, -0.05) is 0 Å². The Labute approximate surface area is 86.0 Å². The van der Waals surface area contributed by atoms with Crippen LogP contribution in [0.4, 0.5) is 0 Å². The molecule has 2 aliphatic heterocycles. The number of hydrogen-bond acceptors (Lipinski definition) is 6. The molecule has 0 aromatic rings. The van der Waals surface area contributed by atoms with Gasteiger partial charge < -0.3 is 24.4 Å². The predicted octanol–water partition coefficient (Wildman–Crippen LogP) is 0.391. The molecule has 1 fully saturated rings. The van der Waals surface area contributed by atoms with Gasteiger partial charge >= 0.3 is 5.97 Å². The lowest BCUT2D eigenvalue weighted by molar-refractivity contribution is -0.163. The van der Waals surface area contributed by atoms with Gasteiger partial charge in [-0.2, -0.15) is 0 Å². The number of aliphatic hydroxyl groups excluding tert-OH is 2. The van der Waals surface area contributed by atoms with Crippen LogP contribution in [0.25, 0.3) is 0 Å². The quantitative estimate of drug-likeness (QED) is 0.617. The van der Waals surface area contributed by atoms with Gasteiger partial charge in [0.15, 0.2) is 17.7 Å². The number of hydrogen-bond donors (Lipinski definition) is 2. The zero-order valence-corrected chi connectivity index (χ0v) is 8.39. The summed E-state index contributed by atoms with van der Waals surface area (Å²) < 4.78 is 15.4. The molecule has 0 bridgehead atoms. The van der Waals surface area contributed by atoms with E-state index in [9.17, 15) is 9.90 Å². The van der Waals surface area contributed by atoms with Crippen LogP contribution in [0.5, 0.6) is 0 Å². The highest BCUT2D eigenvalue weighted by Crippen LogP contribution is 2.31. The Morgan fingerprint density at radius 1 is 1.40 bits per heavy atom. The molecule has 0 aromatic heterocycles. The molecule has 0 amide bonds. The maximum absolute atomic E-state index is 10.9. The van der Waals surface area contributed by atoms with E-state index in [0.717, 1.165) is 0 Å². The Kier molecular flexibility index (Phi) is 2.13. The van der Waals surface area contributed by atoms with Crippen molar-refractivity contribution in [2.75, 3.05) is 6.61 Å². The second kappa shape index (κ2) is 3.11. The third-order valence-corrected chi connectivity index (χ3v) is 2.31. The maximum atomic E-state index is 10.9. The predicted molar refractivity (Wildman–Crippen MR) is 47.1 cm³/mol. The number of cyclic esters (lactones) is 1. The number of carbonyl (C=O) groups is 1. The summed E-state index contributed by atoms with van der Waals surface area (Å²) in [5, 5.41) is 18.5. The lowest BCUT2D eigenvalue weighted by Crippen LogP contribution is -2.32. The van der Waals surface area contributed by atoms with E-state index in [4.69, 9.17) is 19.3 Å². The van der Waals surface area contributed by atoms with Gasteiger partial charge in [0.05, 0.1) is 6.61 Å². The van der Waals surface area contributed by atoms with Crippen molar-refractivity contribution in [3.63, 3.8) is 0 Å². The minimum Gasteiger partial charge on any atom is -0.505 e. The molecular formula is C9H12O6. The molecule has 0 aromatic carbocycles. The van der Waals surface area contributed by atoms with Gasteiger partial charge in [-0.05, 0) is 13.8 Å². The number of rotatable bonds is 1. The van der Waals surface area contributed by atoms with Crippen LogP contribution in [0.2, 0.25) is 0 Å². The monoisotopic (exact) mass is 216 g/mol. The van der Waals surface area contributed by atoms with Gasteiger partial charge in [-0.25, -0.2) is 4.79 Å². The lowest BCUT2D eigenvalue weighted by Gasteiger charge is -2.19. The van der Waals surface area contributed by atoms with E-state index < -0.39 is 35.5 Å². The topological polar surface area (TPSA) is 85.2 Å². The van der Waals surface area contributed by atoms with Gasteiger partial charge in [0, 0.05) is 0 Å². The molecule has 6 heteroatoms. The molecule has 2 aliphatic rings. The van der Waals surface area contributed by atoms with Crippen LogP contribution in [0, 0.1) is 0 Å². The fraction of sp³-hybridized carbons (Fsp3) is 0.667. The van der Waals surface area contributed by atoms with E-state index in [1.54, 1.807) is 13.8 Å². The van der Waals surface area contributed by atoms with Crippen LogP contribution in [-0.4, -0.2) is 40.8 Å². The van der Waals surface area contributed by atoms with Crippen molar-refractivity contribution < 1.29 is 29.2 Å². The van der Waals surface area contributed by atoms with E-state index in [-0.39, 0.29) is 6.61 Å². The van der Waals surface area contributed by atoms with Gasteiger partial charge in [-0.15, -0.1) is 0 Å². The summed E-state index contributed by atoms with van der Waals surface area (Å²) >= 11 is 0. The number of carbonyl (C=O) groups excluding carboxylic acids is 1. The summed E-state index contributed by atoms with van der Waals surface area (Å²) in [6, 6.07) is 0. The Bertz CT molecular complexity index is 331. The summed E-state index contributed by atoms with van der Waals surface area (Å²) in [6.45, 7) is 3.62. The van der Waals surface area contributed by atoms with Gasteiger partial charge in [0.2, 0.25) is 5.76 Å². The van der Waals surface area contributed by atoms with Crippen molar-refractivity contribution in [2.45, 2.75) is 31.8 Å². The lowest BCUT2D eigenvalue weighted by atomic mass is 10.2. The molecule has 0 aliphatic carbocycles. The van der Waals surface area contributed by atoms with Crippen molar-refractivity contribution in [3.05, 3.63) is 11.5 Å². The molecule has 84 valence electrons. The second-order valence-electron chi connectivity index (χ2n) is 3.93. The zero-order valence-electron chi connectivity index (χ0n) is 8.39. The van der Waals surface area contributed by atoms with Crippen molar-refractivity contribution in [2.24, 2.45) is 0 Å². The summed E-state index contributed by atoms with van der Waals surface area (Å²) in [6.07, 6.45) is -1.56. The fourth-order valence-electron chi connectivity index (χ4n) is 1.58. The molecule has 2 rings (SSSR count). The minimum atomic E-state index is -0.973. The zero-order chi connectivity index (χ0) is 11.2. The van der Waals surface area contributed by atoms with Crippen LogP contribution >= 0.6 is 0 Å². The second-order valence-corrected chi connectivity index (χ2v) is 3.93. The SMILES string of the molecule is CC1(C)OC[C@H]([C@H]2OC(=O)C(O)=C2O)O1. The van der Waals surface area contributed by atoms with E-state index in [1.165, 1.54) is 0 Å². The molecular weight excluding hydrogens is 204 g/mol. The average Bonchev–Trinajstić information content (AvgIpc) is 2.62. The largest absolute Gasteiger partial charge is 0.505 e. The molecule has 2 atom stereocenters. The summed E-state index contributed by atoms with van der Waals surface area (Å²) in [5.74, 6) is -2.96. The Balaban J connectivity index is 2.12. The Morgan fingerprint density at radius 3 is 2.47 bits per heavy atom. The number of ether oxygens (including phenoxy) is 3. The third kappa shape index (κ3) is 1.66. The summed E-state index contributed by atoms with van der Waals surface area (Å²) in [4.78, 5) is 10.9. The molecule has 0 saturated carbocycles. The first-order valence-electron chi connectivity index (χ1n) is 4.55. The average molecular weight is 216 g/mol. The third-order valence-electron chi connectivity index (χ3n) is 2.31. The molecule has 0 radical (unpaired) electrons. The van der Waals surface area contributed by atoms with Crippen molar-refractivity contribution in [3.8, 4) is 0 Å². The first-order chi connectivity index (χ1) is 6.91. The van der Waals surface area contributed by atoms with Crippen LogP contribution in [0.1, 0.15) is 13.8 Å². The van der Waals surface area contributed by atoms with Crippen LogP contribution in [0.15, 0.2) is 11.5 Å². The van der Waals surface area contributed by atoms with Crippen molar-refractivity contribution >= 4 is 5.97 Å². The summed E-state index contributed by atoms with van der Waals surface area (Å²) in [5.41, 5.74) is 0. The normalized spacial score (nSPS) is 34.7. The fourth-order valence-corrected chi connectivity index (χ4v) is 1.58. The summed E-state index contributed by atoms with van der Waals surface area (Å²) in [7, 11) is 0. The molecule has 0 spiro atoms.